The van der Waals surface area contributed by atoms with Gasteiger partial charge in [-0.25, -0.2) is 4.79 Å². The highest BCUT2D eigenvalue weighted by Crippen LogP contribution is 2.19. The van der Waals surface area contributed by atoms with Gasteiger partial charge in [0.15, 0.2) is 6.61 Å². The molecule has 0 atom stereocenters. The van der Waals surface area contributed by atoms with Crippen LogP contribution in [-0.4, -0.2) is 19.2 Å². The van der Waals surface area contributed by atoms with Gasteiger partial charge in [0.05, 0.1) is 6.61 Å². The maximum atomic E-state index is 11.3. The molecule has 0 aromatic heterocycles. The fourth-order valence-electron chi connectivity index (χ4n) is 1.34. The molecule has 0 amide bonds. The zero-order chi connectivity index (χ0) is 12.7. The Morgan fingerprint density at radius 3 is 2.82 bits per heavy atom. The van der Waals surface area contributed by atoms with E-state index in [9.17, 15) is 4.79 Å². The normalized spacial score (nSPS) is 10.0. The summed E-state index contributed by atoms with van der Waals surface area (Å²) in [6.07, 6.45) is 1.89. The molecular formula is C13H19NO3. The van der Waals surface area contributed by atoms with Gasteiger partial charge in [0.1, 0.15) is 5.75 Å². The third kappa shape index (κ3) is 4.76. The van der Waals surface area contributed by atoms with E-state index in [2.05, 4.69) is 0 Å². The zero-order valence-electron chi connectivity index (χ0n) is 10.4. The quantitative estimate of drug-likeness (QED) is 0.468. The first-order chi connectivity index (χ1) is 8.13. The summed E-state index contributed by atoms with van der Waals surface area (Å²) in [5.74, 6) is 0.321. The van der Waals surface area contributed by atoms with Crippen molar-refractivity contribution in [2.24, 2.45) is 0 Å². The van der Waals surface area contributed by atoms with Gasteiger partial charge in [-0.15, -0.1) is 0 Å². The Balaban J connectivity index is 2.37. The zero-order valence-corrected chi connectivity index (χ0v) is 10.4. The van der Waals surface area contributed by atoms with Crippen LogP contribution in [0.1, 0.15) is 25.3 Å². The monoisotopic (exact) mass is 237 g/mol. The molecule has 1 aromatic rings. The van der Waals surface area contributed by atoms with Crippen LogP contribution in [0.2, 0.25) is 0 Å². The Kier molecular flexibility index (Phi) is 5.33. The van der Waals surface area contributed by atoms with Crippen LogP contribution >= 0.6 is 0 Å². The van der Waals surface area contributed by atoms with Crippen molar-refractivity contribution >= 4 is 11.7 Å². The van der Waals surface area contributed by atoms with Crippen LogP contribution in [0.5, 0.6) is 5.75 Å². The first-order valence-electron chi connectivity index (χ1n) is 5.78. The number of anilines is 1. The fourth-order valence-corrected chi connectivity index (χ4v) is 1.34. The van der Waals surface area contributed by atoms with E-state index in [1.165, 1.54) is 0 Å². The van der Waals surface area contributed by atoms with Gasteiger partial charge >= 0.3 is 5.97 Å². The molecule has 2 N–H and O–H groups in total. The molecule has 0 saturated carbocycles. The number of unbranched alkanes of at least 4 members (excludes halogenated alkanes) is 1. The summed E-state index contributed by atoms with van der Waals surface area (Å²) in [6, 6.07) is 5.30. The Bertz CT molecular complexity index is 377. The molecular weight excluding hydrogens is 218 g/mol. The van der Waals surface area contributed by atoms with Crippen molar-refractivity contribution in [3.05, 3.63) is 23.8 Å². The Morgan fingerprint density at radius 1 is 1.41 bits per heavy atom. The lowest BCUT2D eigenvalue weighted by molar-refractivity contribution is -0.146. The number of nitrogens with two attached hydrogens (primary N) is 1. The highest BCUT2D eigenvalue weighted by atomic mass is 16.6. The lowest BCUT2D eigenvalue weighted by Gasteiger charge is -2.09. The van der Waals surface area contributed by atoms with Crippen LogP contribution in [0.15, 0.2) is 18.2 Å². The minimum Gasteiger partial charge on any atom is -0.482 e. The molecule has 17 heavy (non-hydrogen) atoms. The molecule has 0 unspecified atom stereocenters. The highest BCUT2D eigenvalue weighted by Gasteiger charge is 2.05. The second-order valence-corrected chi connectivity index (χ2v) is 3.89. The number of rotatable bonds is 6. The number of carbonyl (C=O) groups is 1. The number of aryl methyl sites for hydroxylation is 1. The first kappa shape index (κ1) is 13.4. The third-order valence-electron chi connectivity index (χ3n) is 2.31. The Hall–Kier alpha value is -1.71. The van der Waals surface area contributed by atoms with E-state index in [1.54, 1.807) is 18.2 Å². The summed E-state index contributed by atoms with van der Waals surface area (Å²) in [7, 11) is 0. The lowest BCUT2D eigenvalue weighted by Crippen LogP contribution is -2.15. The fraction of sp³-hybridized carbons (Fsp3) is 0.462. The number of ether oxygens (including phenoxy) is 2. The predicted molar refractivity (Wildman–Crippen MR) is 67.0 cm³/mol. The van der Waals surface area contributed by atoms with Gasteiger partial charge in [-0.1, -0.05) is 13.3 Å². The van der Waals surface area contributed by atoms with Crippen molar-refractivity contribution < 1.29 is 14.3 Å². The number of carbonyl (C=O) groups excluding carboxylic acids is 1. The number of hydrogen-bond donors (Lipinski definition) is 1. The summed E-state index contributed by atoms with van der Waals surface area (Å²) < 4.78 is 10.3. The summed E-state index contributed by atoms with van der Waals surface area (Å²) in [6.45, 7) is 4.32. The average Bonchev–Trinajstić information content (AvgIpc) is 2.28. The van der Waals surface area contributed by atoms with E-state index in [4.69, 9.17) is 15.2 Å². The molecule has 0 bridgehead atoms. The lowest BCUT2D eigenvalue weighted by atomic mass is 10.2. The minimum absolute atomic E-state index is 0.0610. The summed E-state index contributed by atoms with van der Waals surface area (Å²) in [5.41, 5.74) is 7.21. The van der Waals surface area contributed by atoms with E-state index in [-0.39, 0.29) is 12.6 Å². The van der Waals surface area contributed by atoms with E-state index in [0.29, 0.717) is 18.0 Å². The predicted octanol–water partition coefficient (Wildman–Crippen LogP) is 2.30. The van der Waals surface area contributed by atoms with Crippen LogP contribution in [0.3, 0.4) is 0 Å². The van der Waals surface area contributed by atoms with Crippen LogP contribution < -0.4 is 10.5 Å². The van der Waals surface area contributed by atoms with Crippen molar-refractivity contribution in [3.8, 4) is 5.75 Å². The van der Waals surface area contributed by atoms with Gasteiger partial charge in [-0.3, -0.25) is 0 Å². The van der Waals surface area contributed by atoms with Crippen LogP contribution in [-0.2, 0) is 9.53 Å². The number of benzene rings is 1. The van der Waals surface area contributed by atoms with Crippen LogP contribution in [0.25, 0.3) is 0 Å². The van der Waals surface area contributed by atoms with Crippen molar-refractivity contribution in [3.63, 3.8) is 0 Å². The van der Waals surface area contributed by atoms with Gasteiger partial charge in [0.25, 0.3) is 0 Å². The molecule has 0 aliphatic heterocycles. The molecule has 1 aromatic carbocycles. The largest absolute Gasteiger partial charge is 0.482 e. The van der Waals surface area contributed by atoms with Crippen LogP contribution in [0, 0.1) is 6.92 Å². The minimum atomic E-state index is -0.338. The first-order valence-corrected chi connectivity index (χ1v) is 5.78. The van der Waals surface area contributed by atoms with Crippen molar-refractivity contribution in [2.75, 3.05) is 18.9 Å². The molecule has 94 valence electrons. The topological polar surface area (TPSA) is 61.5 Å². The molecule has 4 heteroatoms. The molecule has 0 saturated heterocycles. The maximum absolute atomic E-state index is 11.3. The van der Waals surface area contributed by atoms with Crippen LogP contribution in [0.4, 0.5) is 5.69 Å². The molecule has 0 aliphatic rings. The Labute approximate surface area is 102 Å². The van der Waals surface area contributed by atoms with Gasteiger partial charge in [-0.2, -0.15) is 0 Å². The van der Waals surface area contributed by atoms with Gasteiger partial charge in [0, 0.05) is 5.69 Å². The summed E-state index contributed by atoms with van der Waals surface area (Å²) >= 11 is 0. The summed E-state index contributed by atoms with van der Waals surface area (Å²) in [5, 5.41) is 0. The SMILES string of the molecule is CCCCOC(=O)COc1ccc(N)cc1C. The van der Waals surface area contributed by atoms with Gasteiger partial charge in [-0.05, 0) is 37.1 Å². The number of nitrogen functional groups attached to an aromatic ring is 1. The molecule has 0 spiro atoms. The molecule has 0 heterocycles. The van der Waals surface area contributed by atoms with E-state index >= 15 is 0 Å². The molecule has 1 rings (SSSR count). The summed E-state index contributed by atoms with van der Waals surface area (Å²) in [4.78, 5) is 11.3. The molecule has 4 nitrogen and oxygen atoms in total. The second kappa shape index (κ2) is 6.78. The van der Waals surface area contributed by atoms with E-state index < -0.39 is 0 Å². The van der Waals surface area contributed by atoms with Gasteiger partial charge < -0.3 is 15.2 Å². The molecule has 0 fully saturated rings. The van der Waals surface area contributed by atoms with E-state index in [1.807, 2.05) is 13.8 Å². The smallest absolute Gasteiger partial charge is 0.344 e. The van der Waals surface area contributed by atoms with Crippen molar-refractivity contribution in [2.45, 2.75) is 26.7 Å². The van der Waals surface area contributed by atoms with Crippen molar-refractivity contribution in [1.82, 2.24) is 0 Å². The average molecular weight is 237 g/mol. The second-order valence-electron chi connectivity index (χ2n) is 3.89. The molecule has 0 radical (unpaired) electrons. The number of hydrogen-bond acceptors (Lipinski definition) is 4. The molecule has 0 aliphatic carbocycles. The third-order valence-corrected chi connectivity index (χ3v) is 2.31. The standard InChI is InChI=1S/C13H19NO3/c1-3-4-7-16-13(15)9-17-12-6-5-11(14)8-10(12)2/h5-6,8H,3-4,7,9,14H2,1-2H3. The Morgan fingerprint density at radius 2 is 2.18 bits per heavy atom. The highest BCUT2D eigenvalue weighted by molar-refractivity contribution is 5.71. The van der Waals surface area contributed by atoms with E-state index in [0.717, 1.165) is 18.4 Å². The maximum Gasteiger partial charge on any atom is 0.344 e. The van der Waals surface area contributed by atoms with Crippen molar-refractivity contribution in [1.29, 1.82) is 0 Å². The number of esters is 1. The van der Waals surface area contributed by atoms with Gasteiger partial charge in [0.2, 0.25) is 0 Å².